The maximum Gasteiger partial charge on any atom is 0.214 e. The molecule has 5 heteroatoms. The maximum absolute atomic E-state index is 11.6. The molecule has 1 saturated heterocycles. The monoisotopic (exact) mass is 218 g/mol. The zero-order valence-electron chi connectivity index (χ0n) is 8.35. The largest absolute Gasteiger partial charge is 0.326 e. The van der Waals surface area contributed by atoms with Crippen LogP contribution in [0, 0.1) is 5.92 Å². The highest BCUT2D eigenvalue weighted by atomic mass is 32.2. The van der Waals surface area contributed by atoms with E-state index in [1.165, 1.54) is 12.8 Å². The number of sulfonamides is 1. The summed E-state index contributed by atoms with van der Waals surface area (Å²) in [4.78, 5) is 0. The summed E-state index contributed by atoms with van der Waals surface area (Å²) in [5, 5.41) is 0. The van der Waals surface area contributed by atoms with Gasteiger partial charge in [0.2, 0.25) is 10.0 Å². The van der Waals surface area contributed by atoms with E-state index >= 15 is 0 Å². The molecule has 1 aliphatic heterocycles. The molecular formula is C9H18N2O2S. The summed E-state index contributed by atoms with van der Waals surface area (Å²) in [6, 6.07) is 0.0582. The minimum Gasteiger partial charge on any atom is -0.326 e. The van der Waals surface area contributed by atoms with Crippen molar-refractivity contribution in [2.24, 2.45) is 11.7 Å². The quantitative estimate of drug-likeness (QED) is 0.733. The second-order valence-electron chi connectivity index (χ2n) is 4.38. The molecule has 0 aromatic rings. The average molecular weight is 218 g/mol. The number of hydrogen-bond donors (Lipinski definition) is 1. The number of nitrogens with two attached hydrogens (primary N) is 1. The third-order valence-electron chi connectivity index (χ3n) is 3.10. The predicted octanol–water partition coefficient (Wildman–Crippen LogP) is 0.149. The van der Waals surface area contributed by atoms with E-state index in [2.05, 4.69) is 0 Å². The van der Waals surface area contributed by atoms with E-state index in [4.69, 9.17) is 5.73 Å². The Morgan fingerprint density at radius 3 is 2.64 bits per heavy atom. The Kier molecular flexibility index (Phi) is 2.81. The van der Waals surface area contributed by atoms with Crippen LogP contribution in [0.3, 0.4) is 0 Å². The van der Waals surface area contributed by atoms with Gasteiger partial charge in [-0.3, -0.25) is 0 Å². The molecule has 1 aliphatic carbocycles. The van der Waals surface area contributed by atoms with Gasteiger partial charge in [-0.1, -0.05) is 0 Å². The van der Waals surface area contributed by atoms with Crippen LogP contribution in [0.1, 0.15) is 25.7 Å². The fourth-order valence-corrected chi connectivity index (χ4v) is 3.59. The van der Waals surface area contributed by atoms with Gasteiger partial charge in [-0.2, -0.15) is 0 Å². The van der Waals surface area contributed by atoms with E-state index in [9.17, 15) is 8.42 Å². The van der Waals surface area contributed by atoms with Crippen molar-refractivity contribution < 1.29 is 8.42 Å². The summed E-state index contributed by atoms with van der Waals surface area (Å²) in [6.45, 7) is 1.20. The van der Waals surface area contributed by atoms with Crippen LogP contribution in [0.5, 0.6) is 0 Å². The van der Waals surface area contributed by atoms with Crippen LogP contribution < -0.4 is 5.73 Å². The van der Waals surface area contributed by atoms with Crippen LogP contribution in [0.4, 0.5) is 0 Å². The molecule has 4 nitrogen and oxygen atoms in total. The molecule has 82 valence electrons. The van der Waals surface area contributed by atoms with Gasteiger partial charge in [-0.05, 0) is 31.6 Å². The first-order valence-electron chi connectivity index (χ1n) is 5.33. The molecule has 2 aliphatic rings. The molecule has 2 rings (SSSR count). The van der Waals surface area contributed by atoms with Gasteiger partial charge in [-0.15, -0.1) is 0 Å². The number of rotatable bonds is 3. The normalized spacial score (nSPS) is 30.1. The topological polar surface area (TPSA) is 63.4 Å². The van der Waals surface area contributed by atoms with Crippen LogP contribution in [0.15, 0.2) is 0 Å². The maximum atomic E-state index is 11.6. The van der Waals surface area contributed by atoms with Crippen molar-refractivity contribution in [3.8, 4) is 0 Å². The van der Waals surface area contributed by atoms with Crippen LogP contribution in [-0.2, 0) is 10.0 Å². The van der Waals surface area contributed by atoms with E-state index in [1.54, 1.807) is 4.31 Å². The molecule has 1 saturated carbocycles. The summed E-state index contributed by atoms with van der Waals surface area (Å²) in [5.74, 6) is 0.886. The average Bonchev–Trinajstić information content (AvgIpc) is 2.91. The molecule has 0 bridgehead atoms. The highest BCUT2D eigenvalue weighted by Crippen LogP contribution is 2.32. The van der Waals surface area contributed by atoms with Crippen LogP contribution in [0.2, 0.25) is 0 Å². The Hall–Kier alpha value is -0.130. The Labute approximate surface area is 85.5 Å². The van der Waals surface area contributed by atoms with E-state index < -0.39 is 10.0 Å². The molecule has 0 aromatic heterocycles. The molecule has 2 N–H and O–H groups in total. The van der Waals surface area contributed by atoms with Gasteiger partial charge < -0.3 is 5.73 Å². The molecule has 14 heavy (non-hydrogen) atoms. The van der Waals surface area contributed by atoms with Gasteiger partial charge in [0.05, 0.1) is 5.75 Å². The summed E-state index contributed by atoms with van der Waals surface area (Å²) < 4.78 is 24.8. The first kappa shape index (κ1) is 10.4. The number of hydrogen-bond acceptors (Lipinski definition) is 3. The first-order valence-corrected chi connectivity index (χ1v) is 6.94. The minimum absolute atomic E-state index is 0.0582. The summed E-state index contributed by atoms with van der Waals surface area (Å²) in [7, 11) is -2.97. The molecule has 0 aromatic carbocycles. The molecule has 1 atom stereocenters. The van der Waals surface area contributed by atoms with Gasteiger partial charge in [0.25, 0.3) is 0 Å². The standard InChI is InChI=1S/C9H18N2O2S/c10-9(8-3-4-8)7-11-5-1-2-6-14(11,12)13/h8-9H,1-7,10H2. The zero-order chi connectivity index (χ0) is 10.2. The molecule has 1 unspecified atom stereocenters. The minimum atomic E-state index is -2.97. The Bertz CT molecular complexity index is 298. The fraction of sp³-hybridized carbons (Fsp3) is 1.00. The van der Waals surface area contributed by atoms with Crippen molar-refractivity contribution in [3.63, 3.8) is 0 Å². The Balaban J connectivity index is 1.94. The van der Waals surface area contributed by atoms with Crippen molar-refractivity contribution >= 4 is 10.0 Å². The smallest absolute Gasteiger partial charge is 0.214 e. The van der Waals surface area contributed by atoms with E-state index in [0.29, 0.717) is 24.8 Å². The van der Waals surface area contributed by atoms with Gasteiger partial charge in [-0.25, -0.2) is 12.7 Å². The lowest BCUT2D eigenvalue weighted by atomic mass is 10.2. The van der Waals surface area contributed by atoms with Crippen LogP contribution in [0.25, 0.3) is 0 Å². The van der Waals surface area contributed by atoms with Crippen molar-refractivity contribution in [1.82, 2.24) is 4.31 Å². The predicted molar refractivity (Wildman–Crippen MR) is 55.3 cm³/mol. The molecule has 0 amide bonds. The van der Waals surface area contributed by atoms with Crippen molar-refractivity contribution in [3.05, 3.63) is 0 Å². The third-order valence-corrected chi connectivity index (χ3v) is 5.02. The highest BCUT2D eigenvalue weighted by Gasteiger charge is 2.33. The summed E-state index contributed by atoms with van der Waals surface area (Å²) >= 11 is 0. The SMILES string of the molecule is NC(CN1CCCCS1(=O)=O)C1CC1. The molecular weight excluding hydrogens is 200 g/mol. The van der Waals surface area contributed by atoms with Gasteiger partial charge in [0.1, 0.15) is 0 Å². The van der Waals surface area contributed by atoms with Crippen LogP contribution in [-0.4, -0.2) is 37.6 Å². The van der Waals surface area contributed by atoms with Crippen molar-refractivity contribution in [2.45, 2.75) is 31.7 Å². The van der Waals surface area contributed by atoms with Gasteiger partial charge >= 0.3 is 0 Å². The van der Waals surface area contributed by atoms with E-state index in [-0.39, 0.29) is 6.04 Å². The lowest BCUT2D eigenvalue weighted by molar-refractivity contribution is 0.348. The summed E-state index contributed by atoms with van der Waals surface area (Å²) in [6.07, 6.45) is 4.14. The molecule has 0 radical (unpaired) electrons. The first-order chi connectivity index (χ1) is 6.59. The Morgan fingerprint density at radius 1 is 1.36 bits per heavy atom. The van der Waals surface area contributed by atoms with Crippen LogP contribution >= 0.6 is 0 Å². The van der Waals surface area contributed by atoms with E-state index in [1.807, 2.05) is 0 Å². The second kappa shape index (κ2) is 3.79. The van der Waals surface area contributed by atoms with Gasteiger partial charge in [0, 0.05) is 19.1 Å². The highest BCUT2D eigenvalue weighted by molar-refractivity contribution is 7.89. The zero-order valence-corrected chi connectivity index (χ0v) is 9.17. The van der Waals surface area contributed by atoms with Crippen molar-refractivity contribution in [2.75, 3.05) is 18.8 Å². The lowest BCUT2D eigenvalue weighted by Gasteiger charge is -2.28. The lowest BCUT2D eigenvalue weighted by Crippen LogP contribution is -2.45. The fourth-order valence-electron chi connectivity index (χ4n) is 1.95. The molecule has 2 fully saturated rings. The number of nitrogens with zero attached hydrogens (tertiary/aromatic N) is 1. The second-order valence-corrected chi connectivity index (χ2v) is 6.47. The van der Waals surface area contributed by atoms with Gasteiger partial charge in [0.15, 0.2) is 0 Å². The molecule has 0 spiro atoms. The molecule has 1 heterocycles. The van der Waals surface area contributed by atoms with E-state index in [0.717, 1.165) is 12.8 Å². The Morgan fingerprint density at radius 2 is 2.07 bits per heavy atom. The van der Waals surface area contributed by atoms with Crippen molar-refractivity contribution in [1.29, 1.82) is 0 Å². The third kappa shape index (κ3) is 2.27. The summed E-state index contributed by atoms with van der Waals surface area (Å²) in [5.41, 5.74) is 5.92.